The highest BCUT2D eigenvalue weighted by Gasteiger charge is 2.28. The summed E-state index contributed by atoms with van der Waals surface area (Å²) < 4.78 is 51.2. The fraction of sp³-hybridized carbons (Fsp3) is 0.130. The highest BCUT2D eigenvalue weighted by Crippen LogP contribution is 2.30. The number of hydrogen-bond acceptors (Lipinski definition) is 5. The number of fused-ring (bicyclic) bond motifs is 1. The average molecular weight is 475 g/mol. The van der Waals surface area contributed by atoms with Gasteiger partial charge in [-0.05, 0) is 48.5 Å². The second-order valence-corrected chi connectivity index (χ2v) is 7.57. The SMILES string of the molecule is O=C(CCC(F)(F)F)c1ccc2nc(-c3cccnc3)nc(Nc3ccc(F)c(Cl)c3)c2c1. The van der Waals surface area contributed by atoms with Gasteiger partial charge in [-0.25, -0.2) is 14.4 Å². The fourth-order valence-corrected chi connectivity index (χ4v) is 3.31. The molecule has 1 N–H and O–H groups in total. The molecule has 0 bridgehead atoms. The van der Waals surface area contributed by atoms with Crippen LogP contribution in [0.2, 0.25) is 5.02 Å². The zero-order chi connectivity index (χ0) is 23.6. The van der Waals surface area contributed by atoms with Crippen molar-refractivity contribution in [2.24, 2.45) is 0 Å². The van der Waals surface area contributed by atoms with E-state index in [0.717, 1.165) is 0 Å². The number of nitrogens with one attached hydrogen (secondary N) is 1. The van der Waals surface area contributed by atoms with Gasteiger partial charge in [-0.1, -0.05) is 11.6 Å². The summed E-state index contributed by atoms with van der Waals surface area (Å²) in [5.74, 6) is -0.640. The number of ketones is 1. The van der Waals surface area contributed by atoms with Crippen LogP contribution in [0.3, 0.4) is 0 Å². The van der Waals surface area contributed by atoms with Crippen LogP contribution in [0, 0.1) is 5.82 Å². The second kappa shape index (κ2) is 9.11. The number of hydrogen-bond donors (Lipinski definition) is 1. The summed E-state index contributed by atoms with van der Waals surface area (Å²) in [6.45, 7) is 0. The van der Waals surface area contributed by atoms with E-state index in [1.165, 1.54) is 30.3 Å². The Kier molecular flexibility index (Phi) is 6.24. The van der Waals surface area contributed by atoms with E-state index in [2.05, 4.69) is 20.3 Å². The summed E-state index contributed by atoms with van der Waals surface area (Å²) in [4.78, 5) is 25.4. The molecule has 0 unspecified atom stereocenters. The first-order valence-corrected chi connectivity index (χ1v) is 10.1. The minimum Gasteiger partial charge on any atom is -0.340 e. The largest absolute Gasteiger partial charge is 0.389 e. The van der Waals surface area contributed by atoms with Crippen molar-refractivity contribution < 1.29 is 22.4 Å². The number of aromatic nitrogens is 3. The molecule has 33 heavy (non-hydrogen) atoms. The first-order valence-electron chi connectivity index (χ1n) is 9.74. The van der Waals surface area contributed by atoms with E-state index in [-0.39, 0.29) is 16.4 Å². The van der Waals surface area contributed by atoms with Gasteiger partial charge in [-0.3, -0.25) is 9.78 Å². The molecule has 0 radical (unpaired) electrons. The Morgan fingerprint density at radius 1 is 1.06 bits per heavy atom. The summed E-state index contributed by atoms with van der Waals surface area (Å²) in [5, 5.41) is 3.33. The van der Waals surface area contributed by atoms with Crippen molar-refractivity contribution >= 4 is 39.8 Å². The van der Waals surface area contributed by atoms with Gasteiger partial charge in [0.15, 0.2) is 11.6 Å². The van der Waals surface area contributed by atoms with Crippen LogP contribution < -0.4 is 5.32 Å². The Morgan fingerprint density at radius 2 is 1.88 bits per heavy atom. The molecule has 0 atom stereocenters. The van der Waals surface area contributed by atoms with Gasteiger partial charge in [-0.2, -0.15) is 13.2 Å². The molecule has 2 aromatic carbocycles. The molecule has 0 aliphatic carbocycles. The van der Waals surface area contributed by atoms with Crippen molar-refractivity contribution in [3.05, 3.63) is 77.3 Å². The van der Waals surface area contributed by atoms with Crippen LogP contribution in [0.4, 0.5) is 29.1 Å². The molecule has 0 saturated heterocycles. The molecule has 0 fully saturated rings. The third-order valence-electron chi connectivity index (χ3n) is 4.76. The van der Waals surface area contributed by atoms with Gasteiger partial charge in [0, 0.05) is 41.0 Å². The molecule has 0 amide bonds. The zero-order valence-corrected chi connectivity index (χ0v) is 17.6. The van der Waals surface area contributed by atoms with Crippen molar-refractivity contribution in [3.8, 4) is 11.4 Å². The van der Waals surface area contributed by atoms with Crippen molar-refractivity contribution in [1.29, 1.82) is 0 Å². The van der Waals surface area contributed by atoms with E-state index < -0.39 is 30.6 Å². The van der Waals surface area contributed by atoms with Gasteiger partial charge in [0.25, 0.3) is 0 Å². The lowest BCUT2D eigenvalue weighted by Gasteiger charge is -2.13. The smallest absolute Gasteiger partial charge is 0.340 e. The number of benzene rings is 2. The van der Waals surface area contributed by atoms with Gasteiger partial charge < -0.3 is 5.32 Å². The van der Waals surface area contributed by atoms with Crippen molar-refractivity contribution in [2.75, 3.05) is 5.32 Å². The Balaban J connectivity index is 1.79. The van der Waals surface area contributed by atoms with Crippen molar-refractivity contribution in [2.45, 2.75) is 19.0 Å². The first-order chi connectivity index (χ1) is 15.7. The van der Waals surface area contributed by atoms with Crippen LogP contribution in [0.25, 0.3) is 22.3 Å². The summed E-state index contributed by atoms with van der Waals surface area (Å²) in [6.07, 6.45) is -3.12. The molecular formula is C23H15ClF4N4O. The summed E-state index contributed by atoms with van der Waals surface area (Å²) in [5.41, 5.74) is 1.61. The molecule has 0 aliphatic rings. The molecule has 0 aliphatic heterocycles. The normalized spacial score (nSPS) is 11.5. The quantitative estimate of drug-likeness (QED) is 0.247. The predicted molar refractivity (Wildman–Crippen MR) is 117 cm³/mol. The maximum absolute atomic E-state index is 13.6. The number of Topliss-reactive ketones (excluding diaryl/α,β-unsaturated/α-hetero) is 1. The highest BCUT2D eigenvalue weighted by atomic mass is 35.5. The van der Waals surface area contributed by atoms with E-state index in [0.29, 0.717) is 28.0 Å². The summed E-state index contributed by atoms with van der Waals surface area (Å²) >= 11 is 5.87. The maximum Gasteiger partial charge on any atom is 0.389 e. The summed E-state index contributed by atoms with van der Waals surface area (Å²) in [6, 6.07) is 11.9. The van der Waals surface area contributed by atoms with Gasteiger partial charge in [0.05, 0.1) is 17.0 Å². The Morgan fingerprint density at radius 3 is 2.58 bits per heavy atom. The topological polar surface area (TPSA) is 67.8 Å². The van der Waals surface area contributed by atoms with E-state index in [9.17, 15) is 22.4 Å². The predicted octanol–water partition coefficient (Wildman–Crippen LogP) is 6.75. The first kappa shape index (κ1) is 22.6. The molecule has 0 spiro atoms. The third-order valence-corrected chi connectivity index (χ3v) is 5.04. The van der Waals surface area contributed by atoms with Crippen LogP contribution in [0.5, 0.6) is 0 Å². The van der Waals surface area contributed by atoms with E-state index in [4.69, 9.17) is 11.6 Å². The van der Waals surface area contributed by atoms with Crippen LogP contribution in [0.15, 0.2) is 60.9 Å². The van der Waals surface area contributed by atoms with Gasteiger partial charge >= 0.3 is 6.18 Å². The molecular weight excluding hydrogens is 460 g/mol. The minimum absolute atomic E-state index is 0.102. The van der Waals surface area contributed by atoms with Gasteiger partial charge in [-0.15, -0.1) is 0 Å². The summed E-state index contributed by atoms with van der Waals surface area (Å²) in [7, 11) is 0. The molecule has 10 heteroatoms. The lowest BCUT2D eigenvalue weighted by molar-refractivity contribution is -0.133. The van der Waals surface area contributed by atoms with Gasteiger partial charge in [0.2, 0.25) is 0 Å². The van der Waals surface area contributed by atoms with Crippen LogP contribution in [-0.4, -0.2) is 26.9 Å². The molecule has 4 aromatic rings. The fourth-order valence-electron chi connectivity index (χ4n) is 3.13. The molecule has 168 valence electrons. The minimum atomic E-state index is -4.43. The monoisotopic (exact) mass is 474 g/mol. The standard InChI is InChI=1S/C23H15ClF4N4O/c24-17-11-15(4-5-18(17)25)30-22-16-10-13(20(33)7-8-23(26,27)28)3-6-19(16)31-21(32-22)14-2-1-9-29-12-14/h1-6,9-12H,7-8H2,(H,30,31,32). The van der Waals surface area contributed by atoms with Crippen LogP contribution in [-0.2, 0) is 0 Å². The van der Waals surface area contributed by atoms with E-state index in [1.54, 1.807) is 30.6 Å². The lowest BCUT2D eigenvalue weighted by Crippen LogP contribution is -2.11. The maximum atomic E-state index is 13.6. The number of rotatable bonds is 6. The molecule has 5 nitrogen and oxygen atoms in total. The average Bonchev–Trinajstić information content (AvgIpc) is 2.79. The van der Waals surface area contributed by atoms with Crippen molar-refractivity contribution in [3.63, 3.8) is 0 Å². The molecule has 2 aromatic heterocycles. The number of anilines is 2. The van der Waals surface area contributed by atoms with Crippen molar-refractivity contribution in [1.82, 2.24) is 15.0 Å². The number of pyridine rings is 1. The number of alkyl halides is 3. The number of carbonyl (C=O) groups excluding carboxylic acids is 1. The second-order valence-electron chi connectivity index (χ2n) is 7.16. The zero-order valence-electron chi connectivity index (χ0n) is 16.8. The third kappa shape index (κ3) is 5.43. The molecule has 2 heterocycles. The number of carbonyl (C=O) groups is 1. The van der Waals surface area contributed by atoms with E-state index in [1.807, 2.05) is 0 Å². The Bertz CT molecular complexity index is 1330. The lowest BCUT2D eigenvalue weighted by atomic mass is 10.0. The highest BCUT2D eigenvalue weighted by molar-refractivity contribution is 6.31. The number of halogens is 5. The van der Waals surface area contributed by atoms with Crippen LogP contribution >= 0.6 is 11.6 Å². The molecule has 0 saturated carbocycles. The Hall–Kier alpha value is -3.59. The Labute approximate surface area is 190 Å². The molecule has 4 rings (SSSR count). The van der Waals surface area contributed by atoms with Gasteiger partial charge in [0.1, 0.15) is 11.6 Å². The van der Waals surface area contributed by atoms with E-state index >= 15 is 0 Å². The number of nitrogens with zero attached hydrogens (tertiary/aromatic N) is 3. The van der Waals surface area contributed by atoms with Crippen LogP contribution in [0.1, 0.15) is 23.2 Å².